The van der Waals surface area contributed by atoms with Gasteiger partial charge in [-0.05, 0) is 54.8 Å². The number of benzene rings is 1. The number of amides is 1. The van der Waals surface area contributed by atoms with Crippen molar-refractivity contribution in [1.29, 1.82) is 0 Å². The van der Waals surface area contributed by atoms with Gasteiger partial charge in [0.2, 0.25) is 11.8 Å². The molecule has 3 heterocycles. The molecule has 1 aromatic carbocycles. The Morgan fingerprint density at radius 1 is 0.941 bits per heavy atom. The van der Waals surface area contributed by atoms with E-state index in [0.29, 0.717) is 24.5 Å². The number of pyridine rings is 3. The summed E-state index contributed by atoms with van der Waals surface area (Å²) in [5.41, 5.74) is 5.16. The molecule has 1 amide bonds. The Morgan fingerprint density at radius 2 is 1.76 bits per heavy atom. The van der Waals surface area contributed by atoms with Gasteiger partial charge < -0.3 is 10.1 Å². The lowest BCUT2D eigenvalue weighted by Crippen LogP contribution is -2.42. The van der Waals surface area contributed by atoms with Crippen molar-refractivity contribution >= 4 is 11.6 Å². The van der Waals surface area contributed by atoms with Crippen LogP contribution in [0.2, 0.25) is 0 Å². The molecule has 0 fully saturated rings. The zero-order valence-corrected chi connectivity index (χ0v) is 19.2. The van der Waals surface area contributed by atoms with Crippen LogP contribution in [0.25, 0.3) is 11.1 Å². The minimum Gasteiger partial charge on any atom is -0.480 e. The van der Waals surface area contributed by atoms with E-state index in [1.54, 1.807) is 18.6 Å². The molecule has 34 heavy (non-hydrogen) atoms. The smallest absolute Gasteiger partial charge is 0.242 e. The third-order valence-corrected chi connectivity index (χ3v) is 5.39. The second-order valence-corrected chi connectivity index (χ2v) is 7.90. The van der Waals surface area contributed by atoms with E-state index in [4.69, 9.17) is 4.74 Å². The van der Waals surface area contributed by atoms with E-state index in [1.165, 1.54) is 7.11 Å². The summed E-state index contributed by atoms with van der Waals surface area (Å²) < 4.78 is 5.42. The predicted octanol–water partition coefficient (Wildman–Crippen LogP) is 4.20. The van der Waals surface area contributed by atoms with Crippen LogP contribution in [0.4, 0.5) is 5.69 Å². The van der Waals surface area contributed by atoms with Gasteiger partial charge in [-0.25, -0.2) is 4.98 Å². The first-order valence-electron chi connectivity index (χ1n) is 11.1. The van der Waals surface area contributed by atoms with Crippen LogP contribution in [-0.4, -0.2) is 34.0 Å². The second kappa shape index (κ2) is 11.2. The number of hydrogen-bond acceptors (Lipinski definition) is 6. The predicted molar refractivity (Wildman–Crippen MR) is 132 cm³/mol. The average Bonchev–Trinajstić information content (AvgIpc) is 2.87. The number of carbonyl (C=O) groups is 1. The maximum absolute atomic E-state index is 13.4. The molecular weight excluding hydrogens is 426 g/mol. The van der Waals surface area contributed by atoms with Crippen molar-refractivity contribution in [2.45, 2.75) is 25.9 Å². The molecule has 0 spiro atoms. The van der Waals surface area contributed by atoms with Crippen molar-refractivity contribution in [1.82, 2.24) is 20.3 Å². The number of methoxy groups -OCH3 is 1. The fourth-order valence-electron chi connectivity index (χ4n) is 3.65. The summed E-state index contributed by atoms with van der Waals surface area (Å²) in [6.45, 7) is 2.40. The quantitative estimate of drug-likeness (QED) is 0.395. The fraction of sp³-hybridized carbons (Fsp3) is 0.185. The summed E-state index contributed by atoms with van der Waals surface area (Å²) in [4.78, 5) is 26.4. The molecular formula is C27H27N5O2. The number of nitrogens with zero attached hydrogens (tertiary/aromatic N) is 3. The standard InChI is InChI=1S/C27H27N5O2/c1-19-14-21(11-13-28-19)22-16-25(27(34-2)31-17-22)32-26(33)24(15-20-8-4-3-5-9-20)30-18-23-10-6-7-12-29-23/h3-14,16-17,24,30H,15,18H2,1-2H3,(H,32,33)/t24-/m0/s1. The van der Waals surface area contributed by atoms with E-state index < -0.39 is 6.04 Å². The van der Waals surface area contributed by atoms with Gasteiger partial charge in [-0.2, -0.15) is 0 Å². The maximum atomic E-state index is 13.4. The fourth-order valence-corrected chi connectivity index (χ4v) is 3.65. The van der Waals surface area contributed by atoms with Gasteiger partial charge in [-0.15, -0.1) is 0 Å². The largest absolute Gasteiger partial charge is 0.480 e. The van der Waals surface area contributed by atoms with Crippen LogP contribution in [0.3, 0.4) is 0 Å². The summed E-state index contributed by atoms with van der Waals surface area (Å²) >= 11 is 0. The molecule has 0 unspecified atom stereocenters. The zero-order chi connectivity index (χ0) is 23.8. The molecule has 1 atom stereocenters. The van der Waals surface area contributed by atoms with Gasteiger partial charge in [0.1, 0.15) is 5.69 Å². The van der Waals surface area contributed by atoms with Crippen molar-refractivity contribution in [3.05, 3.63) is 102 Å². The van der Waals surface area contributed by atoms with E-state index in [9.17, 15) is 4.79 Å². The third-order valence-electron chi connectivity index (χ3n) is 5.39. The number of nitrogens with one attached hydrogen (secondary N) is 2. The number of aryl methyl sites for hydroxylation is 1. The van der Waals surface area contributed by atoms with Crippen molar-refractivity contribution in [2.24, 2.45) is 0 Å². The highest BCUT2D eigenvalue weighted by Gasteiger charge is 2.21. The summed E-state index contributed by atoms with van der Waals surface area (Å²) in [5.74, 6) is 0.175. The number of ether oxygens (including phenoxy) is 1. The topological polar surface area (TPSA) is 89.0 Å². The molecule has 7 nitrogen and oxygen atoms in total. The monoisotopic (exact) mass is 453 g/mol. The zero-order valence-electron chi connectivity index (χ0n) is 19.2. The number of anilines is 1. The third kappa shape index (κ3) is 6.02. The number of aromatic nitrogens is 3. The van der Waals surface area contributed by atoms with E-state index in [-0.39, 0.29) is 5.91 Å². The molecule has 0 saturated heterocycles. The Morgan fingerprint density at radius 3 is 2.50 bits per heavy atom. The lowest BCUT2D eigenvalue weighted by molar-refractivity contribution is -0.118. The van der Waals surface area contributed by atoms with Gasteiger partial charge in [0, 0.05) is 36.4 Å². The highest BCUT2D eigenvalue weighted by atomic mass is 16.5. The number of hydrogen-bond donors (Lipinski definition) is 2. The van der Waals surface area contributed by atoms with E-state index in [1.807, 2.05) is 73.7 Å². The highest BCUT2D eigenvalue weighted by Crippen LogP contribution is 2.28. The normalized spacial score (nSPS) is 11.6. The molecule has 172 valence electrons. The molecule has 0 aliphatic carbocycles. The maximum Gasteiger partial charge on any atom is 0.242 e. The second-order valence-electron chi connectivity index (χ2n) is 7.90. The molecule has 4 rings (SSSR count). The lowest BCUT2D eigenvalue weighted by Gasteiger charge is -2.19. The van der Waals surface area contributed by atoms with Crippen LogP contribution < -0.4 is 15.4 Å². The summed E-state index contributed by atoms with van der Waals surface area (Å²) in [7, 11) is 1.54. The molecule has 4 aromatic rings. The molecule has 0 saturated carbocycles. The average molecular weight is 454 g/mol. The van der Waals surface area contributed by atoms with Crippen molar-refractivity contribution < 1.29 is 9.53 Å². The van der Waals surface area contributed by atoms with Gasteiger partial charge >= 0.3 is 0 Å². The Labute approximate surface area is 199 Å². The first-order chi connectivity index (χ1) is 16.6. The van der Waals surface area contributed by atoms with Gasteiger partial charge in [0.05, 0.1) is 18.8 Å². The van der Waals surface area contributed by atoms with Gasteiger partial charge in [-0.3, -0.25) is 20.1 Å². The molecule has 0 aliphatic rings. The lowest BCUT2D eigenvalue weighted by atomic mass is 10.0. The van der Waals surface area contributed by atoms with Crippen LogP contribution >= 0.6 is 0 Å². The summed E-state index contributed by atoms with van der Waals surface area (Å²) in [5, 5.41) is 6.37. The van der Waals surface area contributed by atoms with Crippen molar-refractivity contribution in [2.75, 3.05) is 12.4 Å². The molecule has 0 aliphatic heterocycles. The van der Waals surface area contributed by atoms with Gasteiger partial charge in [-0.1, -0.05) is 36.4 Å². The van der Waals surface area contributed by atoms with Crippen LogP contribution in [0.5, 0.6) is 5.88 Å². The minimum absolute atomic E-state index is 0.178. The Hall–Kier alpha value is -4.10. The van der Waals surface area contributed by atoms with Crippen LogP contribution in [0.15, 0.2) is 85.3 Å². The Kier molecular flexibility index (Phi) is 7.57. The molecule has 7 heteroatoms. The van der Waals surface area contributed by atoms with E-state index in [2.05, 4.69) is 25.6 Å². The van der Waals surface area contributed by atoms with Crippen LogP contribution in [0.1, 0.15) is 17.0 Å². The first-order valence-corrected chi connectivity index (χ1v) is 11.1. The van der Waals surface area contributed by atoms with Crippen LogP contribution in [-0.2, 0) is 17.8 Å². The van der Waals surface area contributed by atoms with Gasteiger partial charge in [0.25, 0.3) is 0 Å². The van der Waals surface area contributed by atoms with Crippen molar-refractivity contribution in [3.63, 3.8) is 0 Å². The van der Waals surface area contributed by atoms with E-state index >= 15 is 0 Å². The van der Waals surface area contributed by atoms with Crippen LogP contribution in [0, 0.1) is 6.92 Å². The minimum atomic E-state index is -0.485. The van der Waals surface area contributed by atoms with E-state index in [0.717, 1.165) is 28.1 Å². The SMILES string of the molecule is COc1ncc(-c2ccnc(C)c2)cc1NC(=O)[C@H](Cc1ccccc1)NCc1ccccn1. The first kappa shape index (κ1) is 23.1. The summed E-state index contributed by atoms with van der Waals surface area (Å²) in [6, 6.07) is 20.9. The summed E-state index contributed by atoms with van der Waals surface area (Å²) in [6.07, 6.45) is 5.75. The number of rotatable bonds is 9. The van der Waals surface area contributed by atoms with Crippen molar-refractivity contribution in [3.8, 4) is 17.0 Å². The molecule has 2 N–H and O–H groups in total. The molecule has 0 radical (unpaired) electrons. The van der Waals surface area contributed by atoms with Gasteiger partial charge in [0.15, 0.2) is 0 Å². The number of carbonyl (C=O) groups excluding carboxylic acids is 1. The highest BCUT2D eigenvalue weighted by molar-refractivity contribution is 5.96. The Bertz CT molecular complexity index is 1230. The molecule has 0 bridgehead atoms. The molecule has 3 aromatic heterocycles. The Balaban J connectivity index is 1.57.